The summed E-state index contributed by atoms with van der Waals surface area (Å²) in [7, 11) is 0. The third kappa shape index (κ3) is 1.71. The van der Waals surface area contributed by atoms with Crippen molar-refractivity contribution in [2.45, 2.75) is 50.9 Å². The summed E-state index contributed by atoms with van der Waals surface area (Å²) in [6, 6.07) is 1.81. The summed E-state index contributed by atoms with van der Waals surface area (Å²) in [6.07, 6.45) is 7.52. The molecule has 26 heavy (non-hydrogen) atoms. The van der Waals surface area contributed by atoms with Crippen LogP contribution in [0.1, 0.15) is 44.8 Å². The van der Waals surface area contributed by atoms with E-state index in [0.29, 0.717) is 19.3 Å². The Morgan fingerprint density at radius 3 is 2.73 bits per heavy atom. The number of carbonyl (C=O) groups is 2. The number of aliphatic hydroxyl groups is 1. The highest BCUT2D eigenvalue weighted by atomic mass is 16.6. The van der Waals surface area contributed by atoms with Crippen molar-refractivity contribution in [1.82, 2.24) is 0 Å². The van der Waals surface area contributed by atoms with Crippen molar-refractivity contribution in [3.8, 4) is 0 Å². The molecule has 2 aliphatic carbocycles. The van der Waals surface area contributed by atoms with E-state index in [1.165, 1.54) is 0 Å². The maximum absolute atomic E-state index is 12.8. The minimum atomic E-state index is -1.63. The van der Waals surface area contributed by atoms with Gasteiger partial charge < -0.3 is 19.0 Å². The third-order valence-electron chi connectivity index (χ3n) is 7.51. The summed E-state index contributed by atoms with van der Waals surface area (Å²) in [6.45, 7) is 4.04. The fraction of sp³-hybridized carbons (Fsp3) is 0.600. The van der Waals surface area contributed by atoms with Gasteiger partial charge in [-0.2, -0.15) is 0 Å². The van der Waals surface area contributed by atoms with Gasteiger partial charge in [0.05, 0.1) is 18.4 Å². The van der Waals surface area contributed by atoms with Crippen LogP contribution in [0.3, 0.4) is 0 Å². The molecule has 1 aromatic rings. The van der Waals surface area contributed by atoms with Crippen molar-refractivity contribution in [1.29, 1.82) is 0 Å². The van der Waals surface area contributed by atoms with Crippen LogP contribution in [0.5, 0.6) is 0 Å². The van der Waals surface area contributed by atoms with Gasteiger partial charge >= 0.3 is 11.9 Å². The second-order valence-electron chi connectivity index (χ2n) is 8.67. The van der Waals surface area contributed by atoms with Gasteiger partial charge in [0.1, 0.15) is 12.2 Å². The first-order chi connectivity index (χ1) is 12.3. The Hall–Kier alpha value is -2.08. The minimum Gasteiger partial charge on any atom is -0.472 e. The predicted octanol–water partition coefficient (Wildman–Crippen LogP) is 2.53. The zero-order valence-electron chi connectivity index (χ0n) is 14.8. The normalized spacial score (nSPS) is 49.2. The summed E-state index contributed by atoms with van der Waals surface area (Å²) in [5.41, 5.74) is -1.91. The number of hydrogen-bond acceptors (Lipinski definition) is 6. The van der Waals surface area contributed by atoms with Crippen LogP contribution >= 0.6 is 0 Å². The van der Waals surface area contributed by atoms with Crippen LogP contribution in [0.25, 0.3) is 0 Å². The van der Waals surface area contributed by atoms with Crippen molar-refractivity contribution >= 4 is 11.9 Å². The maximum atomic E-state index is 12.8. The lowest BCUT2D eigenvalue weighted by atomic mass is 9.42. The standard InChI is InChI=1S/C20H22O6/c1-18-9-14(11-5-8-24-10-11)25-16(21)12(18)3-6-19(2)15(18)13-4-7-20(19,23)17(22)26-13/h4-5,7-8,10,12-15,23H,3,6,9H2,1-2H3/t12-,13-,14-,15-,18+,19+,20-/m0/s1. The minimum absolute atomic E-state index is 0.149. The van der Waals surface area contributed by atoms with Gasteiger partial charge in [0.2, 0.25) is 0 Å². The molecule has 7 atom stereocenters. The molecule has 3 aliphatic heterocycles. The quantitative estimate of drug-likeness (QED) is 0.613. The molecule has 2 bridgehead atoms. The highest BCUT2D eigenvalue weighted by molar-refractivity contribution is 5.86. The van der Waals surface area contributed by atoms with Gasteiger partial charge in [-0.05, 0) is 42.9 Å². The molecule has 6 nitrogen and oxygen atoms in total. The molecule has 1 aromatic heterocycles. The molecule has 138 valence electrons. The zero-order valence-corrected chi connectivity index (χ0v) is 14.8. The van der Waals surface area contributed by atoms with Crippen molar-refractivity contribution in [2.24, 2.45) is 22.7 Å². The highest BCUT2D eigenvalue weighted by Gasteiger charge is 2.72. The Kier molecular flexibility index (Phi) is 2.97. The highest BCUT2D eigenvalue weighted by Crippen LogP contribution is 2.67. The predicted molar refractivity (Wildman–Crippen MR) is 88.6 cm³/mol. The molecule has 0 radical (unpaired) electrons. The number of esters is 2. The van der Waals surface area contributed by atoms with Gasteiger partial charge in [0, 0.05) is 16.9 Å². The van der Waals surface area contributed by atoms with E-state index >= 15 is 0 Å². The maximum Gasteiger partial charge on any atom is 0.343 e. The zero-order chi connectivity index (χ0) is 18.3. The molecule has 0 aromatic carbocycles. The molecule has 0 spiro atoms. The summed E-state index contributed by atoms with van der Waals surface area (Å²) in [5.74, 6) is -1.20. The second kappa shape index (κ2) is 4.80. The molecule has 5 aliphatic rings. The molecule has 3 fully saturated rings. The van der Waals surface area contributed by atoms with Crippen LogP contribution in [-0.2, 0) is 19.1 Å². The average Bonchev–Trinajstić information content (AvgIpc) is 3.10. The number of hydrogen-bond donors (Lipinski definition) is 1. The first-order valence-electron chi connectivity index (χ1n) is 9.15. The average molecular weight is 358 g/mol. The van der Waals surface area contributed by atoms with Crippen LogP contribution in [0.2, 0.25) is 0 Å². The van der Waals surface area contributed by atoms with Gasteiger partial charge in [-0.3, -0.25) is 4.79 Å². The van der Waals surface area contributed by atoms with Gasteiger partial charge in [-0.25, -0.2) is 4.79 Å². The number of ether oxygens (including phenoxy) is 2. The number of rotatable bonds is 1. The smallest absolute Gasteiger partial charge is 0.343 e. The fourth-order valence-corrected chi connectivity index (χ4v) is 6.16. The molecule has 1 N–H and O–H groups in total. The SMILES string of the molecule is C[C@@]12C[C@@H](c3ccoc3)OC(=O)[C@@H]1CC[C@]1(C)[C@H]2[C@@H]2C=C[C@]1(O)C(=O)O2. The molecule has 2 saturated heterocycles. The van der Waals surface area contributed by atoms with E-state index in [1.807, 2.05) is 13.0 Å². The molecular formula is C20H22O6. The molecular weight excluding hydrogens is 336 g/mol. The fourth-order valence-electron chi connectivity index (χ4n) is 6.16. The van der Waals surface area contributed by atoms with Crippen LogP contribution in [-0.4, -0.2) is 28.8 Å². The Labute approximate surface area is 151 Å². The van der Waals surface area contributed by atoms with E-state index < -0.39 is 28.5 Å². The van der Waals surface area contributed by atoms with Crippen molar-refractivity contribution in [2.75, 3.05) is 0 Å². The number of carbonyl (C=O) groups excluding carboxylic acids is 2. The molecule has 6 rings (SSSR count). The molecule has 6 heteroatoms. The Morgan fingerprint density at radius 1 is 1.23 bits per heavy atom. The Morgan fingerprint density at radius 2 is 2.04 bits per heavy atom. The van der Waals surface area contributed by atoms with E-state index in [2.05, 4.69) is 6.92 Å². The molecule has 4 heterocycles. The van der Waals surface area contributed by atoms with Crippen molar-refractivity contribution in [3.05, 3.63) is 36.3 Å². The largest absolute Gasteiger partial charge is 0.472 e. The van der Waals surface area contributed by atoms with Crippen LogP contribution in [0.4, 0.5) is 0 Å². The summed E-state index contributed by atoms with van der Waals surface area (Å²) >= 11 is 0. The third-order valence-corrected chi connectivity index (χ3v) is 7.51. The van der Waals surface area contributed by atoms with Gasteiger partial charge in [0.25, 0.3) is 0 Å². The van der Waals surface area contributed by atoms with Crippen LogP contribution in [0.15, 0.2) is 35.2 Å². The van der Waals surface area contributed by atoms with E-state index in [-0.39, 0.29) is 23.9 Å². The number of cyclic esters (lactones) is 1. The van der Waals surface area contributed by atoms with Crippen LogP contribution in [0, 0.1) is 22.7 Å². The van der Waals surface area contributed by atoms with E-state index in [0.717, 1.165) is 5.56 Å². The summed E-state index contributed by atoms with van der Waals surface area (Å²) in [5, 5.41) is 11.2. The topological polar surface area (TPSA) is 86.0 Å². The number of fused-ring (bicyclic) bond motifs is 2. The monoisotopic (exact) mass is 358 g/mol. The lowest BCUT2D eigenvalue weighted by Crippen LogP contribution is -2.72. The Bertz CT molecular complexity index is 812. The Balaban J connectivity index is 1.61. The van der Waals surface area contributed by atoms with Gasteiger partial charge in [-0.15, -0.1) is 0 Å². The van der Waals surface area contributed by atoms with E-state index in [1.54, 1.807) is 24.7 Å². The molecule has 0 amide bonds. The lowest BCUT2D eigenvalue weighted by Gasteiger charge is -2.65. The second-order valence-corrected chi connectivity index (χ2v) is 8.67. The van der Waals surface area contributed by atoms with E-state index in [4.69, 9.17) is 13.9 Å². The first-order valence-corrected chi connectivity index (χ1v) is 9.15. The van der Waals surface area contributed by atoms with E-state index in [9.17, 15) is 14.7 Å². The number of furan rings is 1. The summed E-state index contributed by atoms with van der Waals surface area (Å²) in [4.78, 5) is 25.2. The lowest BCUT2D eigenvalue weighted by molar-refractivity contribution is -0.259. The van der Waals surface area contributed by atoms with Crippen molar-refractivity contribution < 1.29 is 28.6 Å². The first kappa shape index (κ1) is 16.1. The van der Waals surface area contributed by atoms with Crippen molar-refractivity contribution in [3.63, 3.8) is 0 Å². The molecule has 0 unspecified atom stereocenters. The molecule has 1 saturated carbocycles. The summed E-state index contributed by atoms with van der Waals surface area (Å²) < 4.78 is 16.4. The van der Waals surface area contributed by atoms with Gasteiger partial charge in [-0.1, -0.05) is 13.8 Å². The van der Waals surface area contributed by atoms with Crippen LogP contribution < -0.4 is 0 Å². The van der Waals surface area contributed by atoms with Gasteiger partial charge in [0.15, 0.2) is 5.60 Å².